The van der Waals surface area contributed by atoms with Crippen molar-refractivity contribution in [2.75, 3.05) is 26.0 Å². The second-order valence-electron chi connectivity index (χ2n) is 6.72. The maximum Gasteiger partial charge on any atom is 0.272 e. The topological polar surface area (TPSA) is 80.2 Å². The normalized spacial score (nSPS) is 10.4. The van der Waals surface area contributed by atoms with Crippen LogP contribution in [0.25, 0.3) is 0 Å². The van der Waals surface area contributed by atoms with E-state index in [-0.39, 0.29) is 5.91 Å². The summed E-state index contributed by atoms with van der Waals surface area (Å²) in [4.78, 5) is 27.3. The van der Waals surface area contributed by atoms with Crippen LogP contribution in [0, 0.1) is 6.92 Å². The van der Waals surface area contributed by atoms with E-state index in [1.54, 1.807) is 37.5 Å². The first-order chi connectivity index (χ1) is 14.1. The molecule has 0 atom stereocenters. The predicted octanol–water partition coefficient (Wildman–Crippen LogP) is 3.12. The highest BCUT2D eigenvalue weighted by Crippen LogP contribution is 2.18. The molecule has 29 heavy (non-hydrogen) atoms. The Morgan fingerprint density at radius 2 is 1.90 bits per heavy atom. The Kier molecular flexibility index (Phi) is 6.73. The summed E-state index contributed by atoms with van der Waals surface area (Å²) in [5, 5.41) is 3.19. The number of nitrogens with zero attached hydrogens (tertiary/aromatic N) is 4. The van der Waals surface area contributed by atoms with Crippen molar-refractivity contribution in [3.63, 3.8) is 0 Å². The first-order valence-electron chi connectivity index (χ1n) is 9.42. The van der Waals surface area contributed by atoms with E-state index in [2.05, 4.69) is 20.3 Å². The van der Waals surface area contributed by atoms with Gasteiger partial charge in [-0.25, -0.2) is 9.97 Å². The van der Waals surface area contributed by atoms with Crippen LogP contribution in [0.4, 0.5) is 5.95 Å². The number of ether oxygens (including phenoxy) is 1. The van der Waals surface area contributed by atoms with E-state index in [0.29, 0.717) is 24.7 Å². The molecule has 1 amide bonds. The van der Waals surface area contributed by atoms with Gasteiger partial charge in [-0.1, -0.05) is 18.2 Å². The molecule has 2 aromatic heterocycles. The fourth-order valence-electron chi connectivity index (χ4n) is 2.92. The summed E-state index contributed by atoms with van der Waals surface area (Å²) in [6, 6.07) is 13.4. The summed E-state index contributed by atoms with van der Waals surface area (Å²) in [7, 11) is 3.42. The standard InChI is InChI=1S/C22H25N5O2/c1-16-14-19(21(28)27(2)13-10-17-8-11-23-12-9-17)26-22(25-16)24-15-18-6-4-5-7-20(18)29-3/h4-9,11-12,14H,10,13,15H2,1-3H3,(H,24,25,26). The van der Waals surface area contributed by atoms with Crippen molar-refractivity contribution >= 4 is 11.9 Å². The number of rotatable bonds is 8. The molecule has 3 aromatic rings. The molecule has 0 radical (unpaired) electrons. The Morgan fingerprint density at radius 1 is 1.14 bits per heavy atom. The number of anilines is 1. The van der Waals surface area contributed by atoms with Gasteiger partial charge in [0.2, 0.25) is 5.95 Å². The first kappa shape index (κ1) is 20.3. The van der Waals surface area contributed by atoms with Gasteiger partial charge in [-0.2, -0.15) is 0 Å². The molecule has 0 saturated carbocycles. The lowest BCUT2D eigenvalue weighted by Crippen LogP contribution is -2.30. The van der Waals surface area contributed by atoms with E-state index in [9.17, 15) is 4.79 Å². The summed E-state index contributed by atoms with van der Waals surface area (Å²) in [6.45, 7) is 2.94. The van der Waals surface area contributed by atoms with Gasteiger partial charge < -0.3 is 15.0 Å². The molecule has 0 aliphatic carbocycles. The second kappa shape index (κ2) is 9.64. The fraction of sp³-hybridized carbons (Fsp3) is 0.273. The largest absolute Gasteiger partial charge is 0.496 e. The zero-order chi connectivity index (χ0) is 20.6. The van der Waals surface area contributed by atoms with Crippen molar-refractivity contribution in [3.05, 3.63) is 77.4 Å². The predicted molar refractivity (Wildman–Crippen MR) is 112 cm³/mol. The van der Waals surface area contributed by atoms with Gasteiger partial charge in [-0.3, -0.25) is 9.78 Å². The van der Waals surface area contributed by atoms with Gasteiger partial charge >= 0.3 is 0 Å². The molecule has 0 aliphatic rings. The van der Waals surface area contributed by atoms with Gasteiger partial charge in [-0.05, 0) is 43.2 Å². The molecule has 0 saturated heterocycles. The highest BCUT2D eigenvalue weighted by atomic mass is 16.5. The molecule has 2 heterocycles. The molecule has 7 nitrogen and oxygen atoms in total. The minimum Gasteiger partial charge on any atom is -0.496 e. The molecule has 3 rings (SSSR count). The molecule has 0 bridgehead atoms. The molecule has 0 unspecified atom stereocenters. The Hall–Kier alpha value is -3.48. The van der Waals surface area contributed by atoms with Crippen LogP contribution in [0.15, 0.2) is 54.9 Å². The molecule has 7 heteroatoms. The van der Waals surface area contributed by atoms with Crippen molar-refractivity contribution in [1.29, 1.82) is 0 Å². The number of hydrogen-bond acceptors (Lipinski definition) is 6. The highest BCUT2D eigenvalue weighted by molar-refractivity contribution is 5.92. The summed E-state index contributed by atoms with van der Waals surface area (Å²) in [5.41, 5.74) is 3.23. The second-order valence-corrected chi connectivity index (χ2v) is 6.72. The van der Waals surface area contributed by atoms with Crippen LogP contribution in [0.3, 0.4) is 0 Å². The smallest absolute Gasteiger partial charge is 0.272 e. The molecule has 150 valence electrons. The van der Waals surface area contributed by atoms with E-state index in [1.807, 2.05) is 43.3 Å². The first-order valence-corrected chi connectivity index (χ1v) is 9.42. The Morgan fingerprint density at radius 3 is 2.66 bits per heavy atom. The number of carbonyl (C=O) groups is 1. The third-order valence-electron chi connectivity index (χ3n) is 4.53. The van der Waals surface area contributed by atoms with E-state index in [0.717, 1.165) is 29.0 Å². The SMILES string of the molecule is COc1ccccc1CNc1nc(C)cc(C(=O)N(C)CCc2ccncc2)n1. The Bertz CT molecular complexity index is 962. The number of likely N-dealkylation sites (N-methyl/N-ethyl adjacent to an activating group) is 1. The maximum absolute atomic E-state index is 12.8. The number of benzene rings is 1. The van der Waals surface area contributed by atoms with Crippen LogP contribution < -0.4 is 10.1 Å². The molecule has 1 aromatic carbocycles. The number of amides is 1. The summed E-state index contributed by atoms with van der Waals surface area (Å²) < 4.78 is 5.37. The van der Waals surface area contributed by atoms with Gasteiger partial charge in [0.1, 0.15) is 11.4 Å². The average Bonchev–Trinajstić information content (AvgIpc) is 2.76. The zero-order valence-electron chi connectivity index (χ0n) is 16.9. The minimum absolute atomic E-state index is 0.134. The van der Waals surface area contributed by atoms with Crippen molar-refractivity contribution in [2.24, 2.45) is 0 Å². The monoisotopic (exact) mass is 391 g/mol. The third kappa shape index (κ3) is 5.51. The van der Waals surface area contributed by atoms with Gasteiger partial charge in [0.15, 0.2) is 0 Å². The van der Waals surface area contributed by atoms with E-state index < -0.39 is 0 Å². The lowest BCUT2D eigenvalue weighted by Gasteiger charge is -2.17. The number of methoxy groups -OCH3 is 1. The number of para-hydroxylation sites is 1. The summed E-state index contributed by atoms with van der Waals surface area (Å²) >= 11 is 0. The molecule has 0 spiro atoms. The Balaban J connectivity index is 1.66. The number of hydrogen-bond donors (Lipinski definition) is 1. The van der Waals surface area contributed by atoms with Crippen LogP contribution in [0.1, 0.15) is 27.3 Å². The zero-order valence-corrected chi connectivity index (χ0v) is 16.9. The van der Waals surface area contributed by atoms with Gasteiger partial charge in [0.05, 0.1) is 7.11 Å². The van der Waals surface area contributed by atoms with Crippen LogP contribution in [0.5, 0.6) is 5.75 Å². The van der Waals surface area contributed by atoms with Crippen LogP contribution in [-0.4, -0.2) is 46.5 Å². The lowest BCUT2D eigenvalue weighted by atomic mass is 10.2. The number of pyridine rings is 1. The van der Waals surface area contributed by atoms with Crippen molar-refractivity contribution < 1.29 is 9.53 Å². The molecule has 1 N–H and O–H groups in total. The van der Waals surface area contributed by atoms with Gasteiger partial charge in [0.25, 0.3) is 5.91 Å². The average molecular weight is 391 g/mol. The van der Waals surface area contributed by atoms with Crippen molar-refractivity contribution in [1.82, 2.24) is 19.9 Å². The van der Waals surface area contributed by atoms with Gasteiger partial charge in [0, 0.05) is 43.8 Å². The number of aryl methyl sites for hydroxylation is 1. The number of nitrogens with one attached hydrogen (secondary N) is 1. The highest BCUT2D eigenvalue weighted by Gasteiger charge is 2.15. The van der Waals surface area contributed by atoms with E-state index in [1.165, 1.54) is 0 Å². The minimum atomic E-state index is -0.134. The number of aromatic nitrogens is 3. The molecule has 0 aliphatic heterocycles. The van der Waals surface area contributed by atoms with Crippen molar-refractivity contribution in [2.45, 2.75) is 19.9 Å². The van der Waals surface area contributed by atoms with Crippen LogP contribution in [-0.2, 0) is 13.0 Å². The summed E-state index contributed by atoms with van der Waals surface area (Å²) in [6.07, 6.45) is 4.27. The van der Waals surface area contributed by atoms with E-state index >= 15 is 0 Å². The van der Waals surface area contributed by atoms with E-state index in [4.69, 9.17) is 4.74 Å². The molecular weight excluding hydrogens is 366 g/mol. The maximum atomic E-state index is 12.8. The molecular formula is C22H25N5O2. The lowest BCUT2D eigenvalue weighted by molar-refractivity contribution is 0.0790. The van der Waals surface area contributed by atoms with Gasteiger partial charge in [-0.15, -0.1) is 0 Å². The van der Waals surface area contributed by atoms with Crippen molar-refractivity contribution in [3.8, 4) is 5.75 Å². The molecule has 0 fully saturated rings. The third-order valence-corrected chi connectivity index (χ3v) is 4.53. The van der Waals surface area contributed by atoms with Crippen LogP contribution in [0.2, 0.25) is 0 Å². The summed E-state index contributed by atoms with van der Waals surface area (Å²) in [5.74, 6) is 1.08. The number of carbonyl (C=O) groups excluding carboxylic acids is 1. The quantitative estimate of drug-likeness (QED) is 0.636. The fourth-order valence-corrected chi connectivity index (χ4v) is 2.92. The Labute approximate surface area is 170 Å². The van der Waals surface area contributed by atoms with Crippen LogP contribution >= 0.6 is 0 Å².